The van der Waals surface area contributed by atoms with Gasteiger partial charge in [0.05, 0.1) is 24.2 Å². The highest BCUT2D eigenvalue weighted by atomic mass is 16.1. The summed E-state index contributed by atoms with van der Waals surface area (Å²) in [5, 5.41) is 8.47. The van der Waals surface area contributed by atoms with E-state index in [2.05, 4.69) is 17.0 Å². The molecule has 1 N–H and O–H groups in total. The molecule has 1 heterocycles. The third-order valence-corrected chi connectivity index (χ3v) is 2.81. The molecule has 2 rings (SSSR count). The highest BCUT2D eigenvalue weighted by molar-refractivity contribution is 5.89. The van der Waals surface area contributed by atoms with E-state index in [1.165, 1.54) is 0 Å². The summed E-state index contributed by atoms with van der Waals surface area (Å²) in [5.41, 5.74) is 1.90. The molecule has 4 heteroatoms. The average molecular weight is 243 g/mol. The van der Waals surface area contributed by atoms with Crippen molar-refractivity contribution >= 4 is 16.7 Å². The van der Waals surface area contributed by atoms with E-state index in [-0.39, 0.29) is 5.78 Å². The molecule has 1 aromatic carbocycles. The van der Waals surface area contributed by atoms with Gasteiger partial charge in [-0.2, -0.15) is 5.10 Å². The first-order valence-corrected chi connectivity index (χ1v) is 5.96. The Bertz CT molecular complexity index is 571. The van der Waals surface area contributed by atoms with E-state index in [1.54, 1.807) is 6.08 Å². The molecule has 0 radical (unpaired) electrons. The minimum absolute atomic E-state index is 0.140. The molecule has 1 aromatic heterocycles. The van der Waals surface area contributed by atoms with Crippen molar-refractivity contribution in [3.05, 3.63) is 42.6 Å². The van der Waals surface area contributed by atoms with Gasteiger partial charge in [-0.15, -0.1) is 6.58 Å². The van der Waals surface area contributed by atoms with Gasteiger partial charge in [0, 0.05) is 19.0 Å². The molecule has 0 unspecified atom stereocenters. The predicted molar refractivity (Wildman–Crippen MR) is 72.5 cm³/mol. The molecule has 94 valence electrons. The molecule has 0 bridgehead atoms. The Morgan fingerprint density at radius 1 is 1.50 bits per heavy atom. The highest BCUT2D eigenvalue weighted by Gasteiger charge is 2.11. The lowest BCUT2D eigenvalue weighted by atomic mass is 10.1. The second kappa shape index (κ2) is 5.60. The van der Waals surface area contributed by atoms with Crippen molar-refractivity contribution in [1.82, 2.24) is 15.1 Å². The maximum absolute atomic E-state index is 11.8. The number of aromatic nitrogens is 2. The molecule has 0 fully saturated rings. The number of carbonyl (C=O) groups excluding carboxylic acids is 1. The fourth-order valence-corrected chi connectivity index (χ4v) is 1.98. The molecular weight excluding hydrogens is 226 g/mol. The monoisotopic (exact) mass is 243 g/mol. The van der Waals surface area contributed by atoms with Crippen molar-refractivity contribution in [2.45, 2.75) is 6.42 Å². The molecule has 0 saturated carbocycles. The van der Waals surface area contributed by atoms with Crippen LogP contribution in [0.25, 0.3) is 10.9 Å². The van der Waals surface area contributed by atoms with Crippen LogP contribution in [0.1, 0.15) is 5.69 Å². The standard InChI is InChI=1S/C14H17N3O/c1-3-8-15-10-11(18)9-13-12-6-4-5-7-14(12)17(2)16-13/h3-7,15H,1,8-10H2,2H3. The molecule has 0 atom stereocenters. The number of para-hydroxylation sites is 1. The van der Waals surface area contributed by atoms with Crippen molar-refractivity contribution in [2.75, 3.05) is 13.1 Å². The first kappa shape index (κ1) is 12.5. The zero-order valence-electron chi connectivity index (χ0n) is 10.5. The summed E-state index contributed by atoms with van der Waals surface area (Å²) >= 11 is 0. The summed E-state index contributed by atoms with van der Waals surface area (Å²) in [6.07, 6.45) is 2.11. The minimum atomic E-state index is 0.140. The van der Waals surface area contributed by atoms with Gasteiger partial charge in [-0.25, -0.2) is 0 Å². The zero-order chi connectivity index (χ0) is 13.0. The van der Waals surface area contributed by atoms with Crippen molar-refractivity contribution < 1.29 is 4.79 Å². The lowest BCUT2D eigenvalue weighted by Crippen LogP contribution is -2.24. The number of rotatable bonds is 6. The Morgan fingerprint density at radius 2 is 2.28 bits per heavy atom. The summed E-state index contributed by atoms with van der Waals surface area (Å²) in [5.74, 6) is 0.140. The minimum Gasteiger partial charge on any atom is -0.307 e. The maximum Gasteiger partial charge on any atom is 0.152 e. The van der Waals surface area contributed by atoms with E-state index in [0.717, 1.165) is 16.6 Å². The first-order valence-electron chi connectivity index (χ1n) is 5.96. The number of ketones is 1. The van der Waals surface area contributed by atoms with Crippen LogP contribution in [-0.4, -0.2) is 28.7 Å². The molecule has 0 saturated heterocycles. The molecular formula is C14H17N3O. The van der Waals surface area contributed by atoms with Crippen LogP contribution >= 0.6 is 0 Å². The van der Waals surface area contributed by atoms with E-state index in [9.17, 15) is 4.79 Å². The Morgan fingerprint density at radius 3 is 3.06 bits per heavy atom. The Balaban J connectivity index is 2.12. The van der Waals surface area contributed by atoms with Crippen LogP contribution in [0, 0.1) is 0 Å². The van der Waals surface area contributed by atoms with Gasteiger partial charge >= 0.3 is 0 Å². The third-order valence-electron chi connectivity index (χ3n) is 2.81. The highest BCUT2D eigenvalue weighted by Crippen LogP contribution is 2.17. The van der Waals surface area contributed by atoms with Crippen LogP contribution in [0.4, 0.5) is 0 Å². The van der Waals surface area contributed by atoms with Crippen LogP contribution in [0.15, 0.2) is 36.9 Å². The van der Waals surface area contributed by atoms with Crippen LogP contribution < -0.4 is 5.32 Å². The molecule has 0 aliphatic carbocycles. The number of Topliss-reactive ketones (excluding diaryl/α,β-unsaturated/α-hetero) is 1. The number of fused-ring (bicyclic) bond motifs is 1. The number of hydrogen-bond acceptors (Lipinski definition) is 3. The molecule has 0 aliphatic heterocycles. The lowest BCUT2D eigenvalue weighted by Gasteiger charge is -1.99. The smallest absolute Gasteiger partial charge is 0.152 e. The predicted octanol–water partition coefficient (Wildman–Crippen LogP) is 1.46. The average Bonchev–Trinajstić information content (AvgIpc) is 2.67. The summed E-state index contributed by atoms with van der Waals surface area (Å²) in [6, 6.07) is 7.95. The van der Waals surface area contributed by atoms with Gasteiger partial charge in [0.1, 0.15) is 0 Å². The van der Waals surface area contributed by atoms with Crippen molar-refractivity contribution in [3.8, 4) is 0 Å². The van der Waals surface area contributed by atoms with Gasteiger partial charge in [0.2, 0.25) is 0 Å². The number of nitrogens with zero attached hydrogens (tertiary/aromatic N) is 2. The Kier molecular flexibility index (Phi) is 3.89. The van der Waals surface area contributed by atoms with Gasteiger partial charge in [-0.3, -0.25) is 9.48 Å². The summed E-state index contributed by atoms with van der Waals surface area (Å²) in [6.45, 7) is 4.60. The fraction of sp³-hybridized carbons (Fsp3) is 0.286. The van der Waals surface area contributed by atoms with Gasteiger partial charge in [-0.05, 0) is 6.07 Å². The topological polar surface area (TPSA) is 46.9 Å². The van der Waals surface area contributed by atoms with Crippen molar-refractivity contribution in [1.29, 1.82) is 0 Å². The van der Waals surface area contributed by atoms with Crippen LogP contribution in [-0.2, 0) is 18.3 Å². The number of aryl methyl sites for hydroxylation is 1. The van der Waals surface area contributed by atoms with E-state index in [4.69, 9.17) is 0 Å². The first-order chi connectivity index (χ1) is 8.72. The maximum atomic E-state index is 11.8. The van der Waals surface area contributed by atoms with E-state index < -0.39 is 0 Å². The molecule has 0 spiro atoms. The summed E-state index contributed by atoms with van der Waals surface area (Å²) < 4.78 is 1.81. The van der Waals surface area contributed by atoms with E-state index >= 15 is 0 Å². The fourth-order valence-electron chi connectivity index (χ4n) is 1.98. The lowest BCUT2D eigenvalue weighted by molar-refractivity contribution is -0.117. The van der Waals surface area contributed by atoms with Gasteiger partial charge in [0.15, 0.2) is 5.78 Å². The number of carbonyl (C=O) groups is 1. The van der Waals surface area contributed by atoms with E-state index in [0.29, 0.717) is 19.5 Å². The van der Waals surface area contributed by atoms with E-state index in [1.807, 2.05) is 36.0 Å². The largest absolute Gasteiger partial charge is 0.307 e. The SMILES string of the molecule is C=CCNCC(=O)Cc1nn(C)c2ccccc12. The Hall–Kier alpha value is -1.94. The normalized spacial score (nSPS) is 10.7. The number of nitrogens with one attached hydrogen (secondary N) is 1. The van der Waals surface area contributed by atoms with Gasteiger partial charge in [-0.1, -0.05) is 24.3 Å². The third kappa shape index (κ3) is 2.65. The van der Waals surface area contributed by atoms with Gasteiger partial charge < -0.3 is 5.32 Å². The second-order valence-corrected chi connectivity index (χ2v) is 4.22. The zero-order valence-corrected chi connectivity index (χ0v) is 10.5. The quantitative estimate of drug-likeness (QED) is 0.617. The number of hydrogen-bond donors (Lipinski definition) is 1. The molecule has 4 nitrogen and oxygen atoms in total. The van der Waals surface area contributed by atoms with Crippen LogP contribution in [0.3, 0.4) is 0 Å². The van der Waals surface area contributed by atoms with Crippen LogP contribution in [0.2, 0.25) is 0 Å². The number of benzene rings is 1. The molecule has 2 aromatic rings. The van der Waals surface area contributed by atoms with Gasteiger partial charge in [0.25, 0.3) is 0 Å². The van der Waals surface area contributed by atoms with Crippen molar-refractivity contribution in [3.63, 3.8) is 0 Å². The van der Waals surface area contributed by atoms with Crippen LogP contribution in [0.5, 0.6) is 0 Å². The van der Waals surface area contributed by atoms with Crippen molar-refractivity contribution in [2.24, 2.45) is 7.05 Å². The second-order valence-electron chi connectivity index (χ2n) is 4.22. The molecule has 0 aliphatic rings. The summed E-state index contributed by atoms with van der Waals surface area (Å²) in [7, 11) is 1.90. The molecule has 0 amide bonds. The summed E-state index contributed by atoms with van der Waals surface area (Å²) in [4.78, 5) is 11.8. The Labute approximate surface area is 106 Å². The molecule has 18 heavy (non-hydrogen) atoms.